The first kappa shape index (κ1) is 17.2. The Morgan fingerprint density at radius 1 is 1.30 bits per heavy atom. The number of rotatable bonds is 7. The van der Waals surface area contributed by atoms with Crippen LogP contribution in [0.25, 0.3) is 0 Å². The quantitative estimate of drug-likeness (QED) is 0.821. The van der Waals surface area contributed by atoms with Crippen molar-refractivity contribution in [3.05, 3.63) is 17.3 Å². The van der Waals surface area contributed by atoms with Crippen molar-refractivity contribution in [3.8, 4) is 0 Å². The minimum absolute atomic E-state index is 0.105. The molecule has 8 heteroatoms. The predicted molar refractivity (Wildman–Crippen MR) is 81.8 cm³/mol. The van der Waals surface area contributed by atoms with E-state index in [1.54, 1.807) is 14.1 Å². The van der Waals surface area contributed by atoms with Gasteiger partial charge in [0.25, 0.3) is 0 Å². The van der Waals surface area contributed by atoms with Crippen molar-refractivity contribution >= 4 is 27.4 Å². The van der Waals surface area contributed by atoms with E-state index in [1.807, 2.05) is 19.0 Å². The second-order valence-corrected chi connectivity index (χ2v) is 7.19. The zero-order chi connectivity index (χ0) is 15.3. The number of aromatic nitrogens is 1. The van der Waals surface area contributed by atoms with Crippen molar-refractivity contribution in [2.75, 3.05) is 46.6 Å². The number of nitrogens with zero attached hydrogens (tertiary/aromatic N) is 3. The Labute approximate surface area is 125 Å². The molecule has 6 nitrogen and oxygen atoms in total. The van der Waals surface area contributed by atoms with Crippen LogP contribution in [0.3, 0.4) is 0 Å². The van der Waals surface area contributed by atoms with E-state index >= 15 is 0 Å². The van der Waals surface area contributed by atoms with Crippen molar-refractivity contribution < 1.29 is 8.42 Å². The summed E-state index contributed by atoms with van der Waals surface area (Å²) in [6.45, 7) is 1.28. The number of nitrogens with one attached hydrogen (secondary N) is 1. The molecule has 1 aromatic heterocycles. The first-order valence-electron chi connectivity index (χ1n) is 6.23. The van der Waals surface area contributed by atoms with Crippen LogP contribution in [-0.2, 0) is 10.0 Å². The summed E-state index contributed by atoms with van der Waals surface area (Å²) in [7, 11) is 3.60. The standard InChI is InChI=1S/C12H21ClN4O2S/c1-14-12-11(13)8-10(9-15-12)20(18,19)17(4)7-5-6-16(2)3/h8-9H,5-7H2,1-4H3,(H,14,15). The Balaban J connectivity index is 2.84. The second-order valence-electron chi connectivity index (χ2n) is 4.73. The van der Waals surface area contributed by atoms with E-state index in [0.29, 0.717) is 12.4 Å². The molecule has 1 aromatic rings. The molecule has 0 aliphatic heterocycles. The van der Waals surface area contributed by atoms with E-state index in [2.05, 4.69) is 10.3 Å². The monoisotopic (exact) mass is 320 g/mol. The fourth-order valence-electron chi connectivity index (χ4n) is 1.66. The van der Waals surface area contributed by atoms with Crippen LogP contribution in [0.15, 0.2) is 17.2 Å². The highest BCUT2D eigenvalue weighted by Crippen LogP contribution is 2.23. The van der Waals surface area contributed by atoms with E-state index in [4.69, 9.17) is 11.6 Å². The van der Waals surface area contributed by atoms with Gasteiger partial charge < -0.3 is 10.2 Å². The molecule has 1 rings (SSSR count). The molecule has 0 bridgehead atoms. The molecule has 0 aliphatic rings. The molecule has 0 aliphatic carbocycles. The summed E-state index contributed by atoms with van der Waals surface area (Å²) in [6, 6.07) is 1.41. The van der Waals surface area contributed by atoms with Crippen LogP contribution in [-0.4, -0.2) is 63.9 Å². The average Bonchev–Trinajstić information content (AvgIpc) is 2.37. The van der Waals surface area contributed by atoms with Gasteiger partial charge in [-0.25, -0.2) is 17.7 Å². The highest BCUT2D eigenvalue weighted by atomic mass is 35.5. The summed E-state index contributed by atoms with van der Waals surface area (Å²) in [4.78, 5) is 6.12. The van der Waals surface area contributed by atoms with Crippen molar-refractivity contribution in [1.82, 2.24) is 14.2 Å². The first-order chi connectivity index (χ1) is 9.28. The molecule has 0 saturated heterocycles. The molecule has 0 atom stereocenters. The van der Waals surface area contributed by atoms with E-state index in [1.165, 1.54) is 16.6 Å². The number of sulfonamides is 1. The number of halogens is 1. The topological polar surface area (TPSA) is 65.5 Å². The lowest BCUT2D eigenvalue weighted by atomic mass is 10.4. The Kier molecular flexibility index (Phi) is 6.19. The molecule has 0 saturated carbocycles. The lowest BCUT2D eigenvalue weighted by molar-refractivity contribution is 0.370. The maximum atomic E-state index is 12.4. The lowest BCUT2D eigenvalue weighted by Crippen LogP contribution is -2.30. The van der Waals surface area contributed by atoms with Crippen LogP contribution in [0.5, 0.6) is 0 Å². The number of pyridine rings is 1. The van der Waals surface area contributed by atoms with Gasteiger partial charge in [-0.3, -0.25) is 0 Å². The maximum absolute atomic E-state index is 12.4. The number of anilines is 1. The summed E-state index contributed by atoms with van der Waals surface area (Å²) >= 11 is 5.97. The van der Waals surface area contributed by atoms with Crippen molar-refractivity contribution in [2.45, 2.75) is 11.3 Å². The molecule has 114 valence electrons. The molecular formula is C12H21ClN4O2S. The molecule has 0 amide bonds. The Hall–Kier alpha value is -0.890. The van der Waals surface area contributed by atoms with Gasteiger partial charge in [-0.1, -0.05) is 11.6 Å². The molecule has 0 unspecified atom stereocenters. The van der Waals surface area contributed by atoms with Gasteiger partial charge in [0.05, 0.1) is 5.02 Å². The van der Waals surface area contributed by atoms with Gasteiger partial charge in [0.2, 0.25) is 10.0 Å². The molecule has 0 spiro atoms. The lowest BCUT2D eigenvalue weighted by Gasteiger charge is -2.18. The molecule has 20 heavy (non-hydrogen) atoms. The Bertz CT molecular complexity index is 548. The van der Waals surface area contributed by atoms with Crippen LogP contribution in [0.1, 0.15) is 6.42 Å². The molecule has 1 N–H and O–H groups in total. The van der Waals surface area contributed by atoms with Gasteiger partial charge in [0, 0.05) is 26.8 Å². The fourth-order valence-corrected chi connectivity index (χ4v) is 3.16. The van der Waals surface area contributed by atoms with Gasteiger partial charge in [-0.15, -0.1) is 0 Å². The largest absolute Gasteiger partial charge is 0.372 e. The zero-order valence-electron chi connectivity index (χ0n) is 12.2. The highest BCUT2D eigenvalue weighted by Gasteiger charge is 2.21. The second kappa shape index (κ2) is 7.21. The van der Waals surface area contributed by atoms with Crippen LogP contribution >= 0.6 is 11.6 Å². The summed E-state index contributed by atoms with van der Waals surface area (Å²) in [5.74, 6) is 0.459. The molecule has 0 radical (unpaired) electrons. The molecule has 1 heterocycles. The number of hydrogen-bond donors (Lipinski definition) is 1. The fraction of sp³-hybridized carbons (Fsp3) is 0.583. The normalized spacial score (nSPS) is 12.2. The Morgan fingerprint density at radius 2 is 1.95 bits per heavy atom. The first-order valence-corrected chi connectivity index (χ1v) is 8.05. The predicted octanol–water partition coefficient (Wildman–Crippen LogP) is 1.35. The molecule has 0 fully saturated rings. The van der Waals surface area contributed by atoms with Crippen molar-refractivity contribution in [2.24, 2.45) is 0 Å². The van der Waals surface area contributed by atoms with E-state index in [9.17, 15) is 8.42 Å². The van der Waals surface area contributed by atoms with Crippen LogP contribution in [0.2, 0.25) is 5.02 Å². The average molecular weight is 321 g/mol. The smallest absolute Gasteiger partial charge is 0.244 e. The third-order valence-corrected chi connectivity index (χ3v) is 4.95. The van der Waals surface area contributed by atoms with Gasteiger partial charge in [-0.2, -0.15) is 0 Å². The maximum Gasteiger partial charge on any atom is 0.244 e. The van der Waals surface area contributed by atoms with Gasteiger partial charge in [0.15, 0.2) is 0 Å². The highest BCUT2D eigenvalue weighted by molar-refractivity contribution is 7.89. The van der Waals surface area contributed by atoms with Crippen LogP contribution in [0, 0.1) is 0 Å². The van der Waals surface area contributed by atoms with E-state index in [0.717, 1.165) is 13.0 Å². The van der Waals surface area contributed by atoms with Gasteiger partial charge in [-0.05, 0) is 33.1 Å². The third-order valence-electron chi connectivity index (χ3n) is 2.84. The minimum atomic E-state index is -3.54. The number of hydrogen-bond acceptors (Lipinski definition) is 5. The van der Waals surface area contributed by atoms with Crippen molar-refractivity contribution in [3.63, 3.8) is 0 Å². The van der Waals surface area contributed by atoms with E-state index < -0.39 is 10.0 Å². The summed E-state index contributed by atoms with van der Waals surface area (Å²) in [5, 5.41) is 3.08. The summed E-state index contributed by atoms with van der Waals surface area (Å²) < 4.78 is 26.0. The summed E-state index contributed by atoms with van der Waals surface area (Å²) in [5.41, 5.74) is 0. The molecule has 0 aromatic carbocycles. The minimum Gasteiger partial charge on any atom is -0.372 e. The Morgan fingerprint density at radius 3 is 2.45 bits per heavy atom. The molecular weight excluding hydrogens is 300 g/mol. The van der Waals surface area contributed by atoms with Gasteiger partial charge in [0.1, 0.15) is 10.7 Å². The van der Waals surface area contributed by atoms with Crippen molar-refractivity contribution in [1.29, 1.82) is 0 Å². The van der Waals surface area contributed by atoms with Gasteiger partial charge >= 0.3 is 0 Å². The van der Waals surface area contributed by atoms with Crippen LogP contribution < -0.4 is 5.32 Å². The summed E-state index contributed by atoms with van der Waals surface area (Å²) in [6.07, 6.45) is 2.08. The third kappa shape index (κ3) is 4.31. The zero-order valence-corrected chi connectivity index (χ0v) is 13.8. The SMILES string of the molecule is CNc1ncc(S(=O)(=O)N(C)CCCN(C)C)cc1Cl. The van der Waals surface area contributed by atoms with Crippen LogP contribution in [0.4, 0.5) is 5.82 Å². The van der Waals surface area contributed by atoms with E-state index in [-0.39, 0.29) is 9.92 Å².